The number of nitrogens with two attached hydrogens (primary N) is 1. The molecule has 0 aliphatic heterocycles. The SMILES string of the molecule is CNc1nc(N)nc2c1ncn2[C@@H]1C[C@H](CO[P@](=O)(N[C@H](C)C(=O)OC)Oc2ccccc2)[C@@H](O)[C@@]1(C)F. The average molecular weight is 552 g/mol. The van der Waals surface area contributed by atoms with Crippen LogP contribution in [0.1, 0.15) is 26.3 Å². The number of hydrogen-bond acceptors (Lipinski definition) is 11. The Hall–Kier alpha value is -3.32. The van der Waals surface area contributed by atoms with Crippen molar-refractivity contribution in [1.82, 2.24) is 24.6 Å². The van der Waals surface area contributed by atoms with Crippen molar-refractivity contribution in [2.45, 2.75) is 44.1 Å². The number of esters is 1. The number of carbonyl (C=O) groups excluding carboxylic acids is 1. The molecule has 0 bridgehead atoms. The number of aromatic nitrogens is 4. The number of anilines is 2. The molecule has 2 heterocycles. The number of nitrogens with zero attached hydrogens (tertiary/aromatic N) is 4. The number of para-hydroxylation sites is 1. The smallest absolute Gasteiger partial charge is 0.459 e. The van der Waals surface area contributed by atoms with Gasteiger partial charge < -0.3 is 30.0 Å². The van der Waals surface area contributed by atoms with E-state index >= 15 is 4.39 Å². The number of aliphatic hydroxyl groups excluding tert-OH is 1. The third-order valence-electron chi connectivity index (χ3n) is 6.55. The van der Waals surface area contributed by atoms with Crippen LogP contribution in [0.4, 0.5) is 16.2 Å². The van der Waals surface area contributed by atoms with Gasteiger partial charge in [-0.05, 0) is 32.4 Å². The lowest BCUT2D eigenvalue weighted by atomic mass is 9.98. The maximum absolute atomic E-state index is 16.0. The molecule has 1 aromatic carbocycles. The Morgan fingerprint density at radius 3 is 2.74 bits per heavy atom. The average Bonchev–Trinajstić information content (AvgIpc) is 3.39. The number of imidazole rings is 1. The number of aliphatic hydroxyl groups is 1. The Kier molecular flexibility index (Phi) is 7.88. The van der Waals surface area contributed by atoms with Gasteiger partial charge in [0.15, 0.2) is 22.7 Å². The Morgan fingerprint density at radius 2 is 2.08 bits per heavy atom. The van der Waals surface area contributed by atoms with Crippen molar-refractivity contribution in [2.75, 3.05) is 31.8 Å². The lowest BCUT2D eigenvalue weighted by Gasteiger charge is -2.28. The number of hydrogen-bond donors (Lipinski definition) is 4. The van der Waals surface area contributed by atoms with Crippen molar-refractivity contribution in [3.63, 3.8) is 0 Å². The number of nitrogen functional groups attached to an aromatic ring is 1. The third kappa shape index (κ3) is 5.44. The second kappa shape index (κ2) is 10.8. The van der Waals surface area contributed by atoms with Gasteiger partial charge in [0.05, 0.1) is 32.2 Å². The highest BCUT2D eigenvalue weighted by atomic mass is 31.2. The van der Waals surface area contributed by atoms with Crippen molar-refractivity contribution in [1.29, 1.82) is 0 Å². The summed E-state index contributed by atoms with van der Waals surface area (Å²) in [6.45, 7) is 2.37. The molecule has 13 nitrogen and oxygen atoms in total. The van der Waals surface area contributed by atoms with E-state index in [-0.39, 0.29) is 24.7 Å². The quantitative estimate of drug-likeness (QED) is 0.214. The fourth-order valence-corrected chi connectivity index (χ4v) is 6.10. The normalized spacial score (nSPS) is 25.6. The molecule has 3 aromatic rings. The topological polar surface area (TPSA) is 176 Å². The van der Waals surface area contributed by atoms with E-state index < -0.39 is 43.5 Å². The molecule has 0 radical (unpaired) electrons. The maximum Gasteiger partial charge on any atom is 0.459 e. The molecule has 1 aliphatic carbocycles. The lowest BCUT2D eigenvalue weighted by molar-refractivity contribution is -0.142. The fraction of sp³-hybridized carbons (Fsp3) is 0.478. The first-order chi connectivity index (χ1) is 18.0. The van der Waals surface area contributed by atoms with Crippen LogP contribution in [0.3, 0.4) is 0 Å². The predicted octanol–water partition coefficient (Wildman–Crippen LogP) is 2.46. The molecule has 1 fully saturated rings. The van der Waals surface area contributed by atoms with Gasteiger partial charge in [-0.3, -0.25) is 9.32 Å². The Labute approximate surface area is 218 Å². The van der Waals surface area contributed by atoms with Crippen LogP contribution in [0.5, 0.6) is 5.75 Å². The van der Waals surface area contributed by atoms with Crippen LogP contribution >= 0.6 is 7.75 Å². The van der Waals surface area contributed by atoms with Crippen LogP contribution < -0.4 is 20.7 Å². The Bertz CT molecular complexity index is 1340. The van der Waals surface area contributed by atoms with Crippen LogP contribution in [0.25, 0.3) is 11.2 Å². The largest absolute Gasteiger partial charge is 0.468 e. The molecule has 4 rings (SSSR count). The van der Waals surface area contributed by atoms with Gasteiger partial charge in [-0.25, -0.2) is 13.9 Å². The minimum Gasteiger partial charge on any atom is -0.468 e. The standard InChI is InChI=1S/C23H31FN7O6P/c1-13(21(33)35-4)30-38(34,37-15-8-6-5-7-9-15)36-11-14-10-16(23(2,24)18(14)32)31-12-27-17-19(26-3)28-22(25)29-20(17)31/h5-9,12-14,16,18,32H,10-11H2,1-4H3,(H,30,34)(H3,25,26,28,29)/t13-,14-,16-,18-,23+,38-/m1/s1. The summed E-state index contributed by atoms with van der Waals surface area (Å²) in [5.74, 6) is -0.888. The lowest BCUT2D eigenvalue weighted by Crippen LogP contribution is -2.39. The highest BCUT2D eigenvalue weighted by Gasteiger charge is 2.54. The summed E-state index contributed by atoms with van der Waals surface area (Å²) in [5, 5.41) is 16.3. The van der Waals surface area contributed by atoms with Gasteiger partial charge >= 0.3 is 13.7 Å². The van der Waals surface area contributed by atoms with Gasteiger partial charge in [0.1, 0.15) is 11.8 Å². The number of benzene rings is 1. The van der Waals surface area contributed by atoms with Gasteiger partial charge in [0.25, 0.3) is 0 Å². The first kappa shape index (κ1) is 27.7. The third-order valence-corrected chi connectivity index (χ3v) is 8.19. The van der Waals surface area contributed by atoms with E-state index in [4.69, 9.17) is 19.5 Å². The molecule has 6 atom stereocenters. The molecule has 0 spiro atoms. The second-order valence-corrected chi connectivity index (χ2v) is 10.9. The Morgan fingerprint density at radius 1 is 1.37 bits per heavy atom. The zero-order valence-electron chi connectivity index (χ0n) is 21.4. The number of ether oxygens (including phenoxy) is 1. The summed E-state index contributed by atoms with van der Waals surface area (Å²) in [4.78, 5) is 24.6. The van der Waals surface area contributed by atoms with Crippen molar-refractivity contribution in [2.24, 2.45) is 5.92 Å². The molecular weight excluding hydrogens is 520 g/mol. The van der Waals surface area contributed by atoms with E-state index in [0.717, 1.165) is 0 Å². The minimum absolute atomic E-state index is 0.0209. The molecule has 15 heteroatoms. The monoisotopic (exact) mass is 551 g/mol. The zero-order valence-corrected chi connectivity index (χ0v) is 22.3. The zero-order chi connectivity index (χ0) is 27.7. The van der Waals surface area contributed by atoms with E-state index in [9.17, 15) is 14.5 Å². The summed E-state index contributed by atoms with van der Waals surface area (Å²) < 4.78 is 47.1. The molecule has 1 saturated carbocycles. The number of rotatable bonds is 10. The summed E-state index contributed by atoms with van der Waals surface area (Å²) in [6.07, 6.45) is 0.0216. The molecule has 2 aromatic heterocycles. The Balaban J connectivity index is 1.57. The number of methoxy groups -OCH3 is 1. The maximum atomic E-state index is 16.0. The van der Waals surface area contributed by atoms with Crippen LogP contribution in [-0.4, -0.2) is 69.2 Å². The predicted molar refractivity (Wildman–Crippen MR) is 137 cm³/mol. The van der Waals surface area contributed by atoms with Crippen LogP contribution in [0.2, 0.25) is 0 Å². The summed E-state index contributed by atoms with van der Waals surface area (Å²) >= 11 is 0. The van der Waals surface area contributed by atoms with Crippen molar-refractivity contribution < 1.29 is 32.6 Å². The van der Waals surface area contributed by atoms with Crippen molar-refractivity contribution in [3.05, 3.63) is 36.7 Å². The van der Waals surface area contributed by atoms with Crippen molar-refractivity contribution in [3.8, 4) is 5.75 Å². The highest BCUT2D eigenvalue weighted by molar-refractivity contribution is 7.52. The van der Waals surface area contributed by atoms with Gasteiger partial charge in [-0.1, -0.05) is 18.2 Å². The number of alkyl halides is 1. The molecular formula is C23H31FN7O6P. The number of carbonyl (C=O) groups is 1. The number of halogens is 1. The van der Waals surface area contributed by atoms with Gasteiger partial charge in [0.2, 0.25) is 5.95 Å². The molecule has 0 unspecified atom stereocenters. The minimum atomic E-state index is -4.17. The van der Waals surface area contributed by atoms with Gasteiger partial charge in [0, 0.05) is 13.0 Å². The van der Waals surface area contributed by atoms with E-state index in [1.807, 2.05) is 0 Å². The first-order valence-electron chi connectivity index (χ1n) is 11.9. The molecule has 1 aliphatic rings. The summed E-state index contributed by atoms with van der Waals surface area (Å²) in [7, 11) is -1.33. The van der Waals surface area contributed by atoms with Gasteiger partial charge in [-0.15, -0.1) is 0 Å². The summed E-state index contributed by atoms with van der Waals surface area (Å²) in [6, 6.07) is 6.30. The molecule has 5 N–H and O–H groups in total. The summed E-state index contributed by atoms with van der Waals surface area (Å²) in [5.41, 5.74) is 4.40. The van der Waals surface area contributed by atoms with Crippen molar-refractivity contribution >= 4 is 36.6 Å². The highest BCUT2D eigenvalue weighted by Crippen LogP contribution is 2.50. The molecule has 0 saturated heterocycles. The molecule has 38 heavy (non-hydrogen) atoms. The van der Waals surface area contributed by atoms with Crippen LogP contribution in [-0.2, 0) is 18.6 Å². The van der Waals surface area contributed by atoms with Gasteiger partial charge in [-0.2, -0.15) is 15.1 Å². The van der Waals surface area contributed by atoms with E-state index in [1.54, 1.807) is 37.4 Å². The van der Waals surface area contributed by atoms with Crippen LogP contribution in [0.15, 0.2) is 36.7 Å². The number of fused-ring (bicyclic) bond motifs is 1. The molecule has 206 valence electrons. The second-order valence-electron chi connectivity index (χ2n) is 9.18. The van der Waals surface area contributed by atoms with Crippen LogP contribution in [0, 0.1) is 5.92 Å². The van der Waals surface area contributed by atoms with E-state index in [1.165, 1.54) is 31.9 Å². The van der Waals surface area contributed by atoms with E-state index in [2.05, 4.69) is 25.4 Å². The first-order valence-corrected chi connectivity index (χ1v) is 13.4. The van der Waals surface area contributed by atoms with E-state index in [0.29, 0.717) is 17.0 Å². The number of nitrogens with one attached hydrogen (secondary N) is 2. The molecule has 0 amide bonds. The fourth-order valence-electron chi connectivity index (χ4n) is 4.56.